The maximum Gasteiger partial charge on any atom is 0.310 e. The van der Waals surface area contributed by atoms with Gasteiger partial charge in [0.15, 0.2) is 0 Å². The van der Waals surface area contributed by atoms with Crippen molar-refractivity contribution in [3.8, 4) is 5.75 Å². The first-order chi connectivity index (χ1) is 10.0. The molecule has 110 valence electrons. The van der Waals surface area contributed by atoms with Crippen molar-refractivity contribution >= 4 is 23.1 Å². The molecule has 1 heterocycles. The maximum absolute atomic E-state index is 12.4. The van der Waals surface area contributed by atoms with Gasteiger partial charge in [0.25, 0.3) is 0 Å². The predicted octanol–water partition coefficient (Wildman–Crippen LogP) is 3.01. The van der Waals surface area contributed by atoms with Gasteiger partial charge in [0, 0.05) is 10.4 Å². The van der Waals surface area contributed by atoms with Crippen LogP contribution < -0.4 is 4.74 Å². The summed E-state index contributed by atoms with van der Waals surface area (Å²) >= 11 is 1.31. The van der Waals surface area contributed by atoms with E-state index in [-0.39, 0.29) is 18.2 Å². The monoisotopic (exact) mass is 304 g/mol. The van der Waals surface area contributed by atoms with Crippen LogP contribution in [0.2, 0.25) is 0 Å². The summed E-state index contributed by atoms with van der Waals surface area (Å²) in [4.78, 5) is 25.1. The number of aryl methyl sites for hydroxylation is 1. The van der Waals surface area contributed by atoms with E-state index in [4.69, 9.17) is 4.74 Å². The standard InChI is InChI=1S/C16H16O4S/c1-10-4-5-11(8-13(10)19-2)16(18)14-7-6-12(21-14)9-15(17)20-3/h4-8H,9H2,1-3H3. The first-order valence-electron chi connectivity index (χ1n) is 6.40. The van der Waals surface area contributed by atoms with Gasteiger partial charge in [-0.3, -0.25) is 9.59 Å². The quantitative estimate of drug-likeness (QED) is 0.629. The largest absolute Gasteiger partial charge is 0.496 e. The van der Waals surface area contributed by atoms with E-state index in [1.54, 1.807) is 31.4 Å². The van der Waals surface area contributed by atoms with Crippen LogP contribution in [0.4, 0.5) is 0 Å². The van der Waals surface area contributed by atoms with Crippen LogP contribution in [0.5, 0.6) is 5.75 Å². The van der Waals surface area contributed by atoms with Crippen molar-refractivity contribution in [1.82, 2.24) is 0 Å². The number of thiophene rings is 1. The van der Waals surface area contributed by atoms with Crippen molar-refractivity contribution in [3.05, 3.63) is 51.2 Å². The number of methoxy groups -OCH3 is 2. The van der Waals surface area contributed by atoms with Crippen LogP contribution in [-0.4, -0.2) is 26.0 Å². The van der Waals surface area contributed by atoms with Gasteiger partial charge in [-0.1, -0.05) is 12.1 Å². The van der Waals surface area contributed by atoms with Crippen molar-refractivity contribution < 1.29 is 19.1 Å². The lowest BCUT2D eigenvalue weighted by Gasteiger charge is -2.06. The Hall–Kier alpha value is -2.14. The van der Waals surface area contributed by atoms with E-state index in [2.05, 4.69) is 4.74 Å². The number of esters is 1. The lowest BCUT2D eigenvalue weighted by atomic mass is 10.1. The smallest absolute Gasteiger partial charge is 0.310 e. The zero-order valence-electron chi connectivity index (χ0n) is 12.1. The van der Waals surface area contributed by atoms with Crippen LogP contribution in [-0.2, 0) is 16.0 Å². The molecule has 5 heteroatoms. The molecular formula is C16H16O4S. The molecule has 4 nitrogen and oxygen atoms in total. The number of hydrogen-bond donors (Lipinski definition) is 0. The minimum atomic E-state index is -0.312. The number of benzene rings is 1. The molecule has 0 radical (unpaired) electrons. The topological polar surface area (TPSA) is 52.6 Å². The highest BCUT2D eigenvalue weighted by Crippen LogP contribution is 2.24. The summed E-state index contributed by atoms with van der Waals surface area (Å²) in [7, 11) is 2.93. The van der Waals surface area contributed by atoms with Crippen LogP contribution in [0, 0.1) is 6.92 Å². The molecule has 2 rings (SSSR count). The summed E-state index contributed by atoms with van der Waals surface area (Å²) in [6.07, 6.45) is 0.186. The van der Waals surface area contributed by atoms with Gasteiger partial charge in [-0.2, -0.15) is 0 Å². The van der Waals surface area contributed by atoms with E-state index < -0.39 is 0 Å². The lowest BCUT2D eigenvalue weighted by molar-refractivity contribution is -0.139. The summed E-state index contributed by atoms with van der Waals surface area (Å²) in [6, 6.07) is 8.88. The van der Waals surface area contributed by atoms with Crippen LogP contribution in [0.1, 0.15) is 25.7 Å². The van der Waals surface area contributed by atoms with E-state index in [1.165, 1.54) is 18.4 Å². The van der Waals surface area contributed by atoms with Crippen LogP contribution in [0.3, 0.4) is 0 Å². The van der Waals surface area contributed by atoms with Crippen molar-refractivity contribution in [2.75, 3.05) is 14.2 Å². The Balaban J connectivity index is 2.22. The molecule has 0 amide bonds. The van der Waals surface area contributed by atoms with E-state index in [0.717, 1.165) is 10.4 Å². The molecule has 21 heavy (non-hydrogen) atoms. The number of carbonyl (C=O) groups is 2. The summed E-state index contributed by atoms with van der Waals surface area (Å²) in [5, 5.41) is 0. The average molecular weight is 304 g/mol. The minimum Gasteiger partial charge on any atom is -0.496 e. The summed E-state index contributed by atoms with van der Waals surface area (Å²) in [5.41, 5.74) is 1.55. The van der Waals surface area contributed by atoms with Gasteiger partial charge in [-0.05, 0) is 30.7 Å². The Kier molecular flexibility index (Phi) is 4.75. The second kappa shape index (κ2) is 6.54. The van der Waals surface area contributed by atoms with Crippen molar-refractivity contribution in [1.29, 1.82) is 0 Å². The van der Waals surface area contributed by atoms with E-state index >= 15 is 0 Å². The molecule has 0 aliphatic rings. The highest BCUT2D eigenvalue weighted by atomic mass is 32.1. The molecule has 0 N–H and O–H groups in total. The second-order valence-electron chi connectivity index (χ2n) is 4.53. The molecule has 0 bridgehead atoms. The van der Waals surface area contributed by atoms with E-state index in [1.807, 2.05) is 13.0 Å². The summed E-state index contributed by atoms with van der Waals surface area (Å²) in [5.74, 6) is 0.300. The maximum atomic E-state index is 12.4. The Morgan fingerprint density at radius 2 is 1.90 bits per heavy atom. The molecule has 0 atom stereocenters. The average Bonchev–Trinajstić information content (AvgIpc) is 2.95. The predicted molar refractivity (Wildman–Crippen MR) is 81.2 cm³/mol. The highest BCUT2D eigenvalue weighted by Gasteiger charge is 2.15. The van der Waals surface area contributed by atoms with E-state index in [0.29, 0.717) is 16.2 Å². The number of ketones is 1. The highest BCUT2D eigenvalue weighted by molar-refractivity contribution is 7.14. The minimum absolute atomic E-state index is 0.0746. The molecule has 0 aliphatic heterocycles. The number of hydrogen-bond acceptors (Lipinski definition) is 5. The summed E-state index contributed by atoms with van der Waals surface area (Å²) < 4.78 is 9.85. The third-order valence-electron chi connectivity index (χ3n) is 3.10. The van der Waals surface area contributed by atoms with Gasteiger partial charge in [-0.15, -0.1) is 11.3 Å². The normalized spacial score (nSPS) is 10.2. The van der Waals surface area contributed by atoms with Crippen LogP contribution >= 0.6 is 11.3 Å². The summed E-state index contributed by atoms with van der Waals surface area (Å²) in [6.45, 7) is 1.92. The molecule has 0 saturated heterocycles. The molecule has 1 aromatic heterocycles. The van der Waals surface area contributed by atoms with Crippen molar-refractivity contribution in [2.45, 2.75) is 13.3 Å². The SMILES string of the molecule is COC(=O)Cc1ccc(C(=O)c2ccc(C)c(OC)c2)s1. The fraction of sp³-hybridized carbons (Fsp3) is 0.250. The van der Waals surface area contributed by atoms with Gasteiger partial charge >= 0.3 is 5.97 Å². The molecule has 0 unspecified atom stereocenters. The first kappa shape index (κ1) is 15.3. The number of rotatable bonds is 5. The Morgan fingerprint density at radius 1 is 1.14 bits per heavy atom. The van der Waals surface area contributed by atoms with Gasteiger partial charge in [0.2, 0.25) is 5.78 Å². The Bertz CT molecular complexity index is 673. The first-order valence-corrected chi connectivity index (χ1v) is 7.21. The van der Waals surface area contributed by atoms with Gasteiger partial charge in [-0.25, -0.2) is 0 Å². The fourth-order valence-corrected chi connectivity index (χ4v) is 2.87. The third kappa shape index (κ3) is 3.49. The van der Waals surface area contributed by atoms with Gasteiger partial charge < -0.3 is 9.47 Å². The number of ether oxygens (including phenoxy) is 2. The van der Waals surface area contributed by atoms with Crippen LogP contribution in [0.25, 0.3) is 0 Å². The second-order valence-corrected chi connectivity index (χ2v) is 5.70. The molecule has 2 aromatic rings. The molecule has 0 aliphatic carbocycles. The van der Waals surface area contributed by atoms with Crippen LogP contribution in [0.15, 0.2) is 30.3 Å². The van der Waals surface area contributed by atoms with Crippen molar-refractivity contribution in [3.63, 3.8) is 0 Å². The lowest BCUT2D eigenvalue weighted by Crippen LogP contribution is -2.02. The molecule has 0 fully saturated rings. The zero-order chi connectivity index (χ0) is 15.4. The Morgan fingerprint density at radius 3 is 2.57 bits per heavy atom. The molecular weight excluding hydrogens is 288 g/mol. The van der Waals surface area contributed by atoms with Gasteiger partial charge in [0.1, 0.15) is 5.75 Å². The Labute approximate surface area is 127 Å². The zero-order valence-corrected chi connectivity index (χ0v) is 13.0. The van der Waals surface area contributed by atoms with Crippen molar-refractivity contribution in [2.24, 2.45) is 0 Å². The fourth-order valence-electron chi connectivity index (χ4n) is 1.91. The molecule has 0 spiro atoms. The third-order valence-corrected chi connectivity index (χ3v) is 4.19. The molecule has 1 aromatic carbocycles. The van der Waals surface area contributed by atoms with Gasteiger partial charge in [0.05, 0.1) is 25.5 Å². The number of carbonyl (C=O) groups excluding carboxylic acids is 2. The van der Waals surface area contributed by atoms with E-state index in [9.17, 15) is 9.59 Å². The molecule has 0 saturated carbocycles.